The summed E-state index contributed by atoms with van der Waals surface area (Å²) in [5.74, 6) is -1.73. The normalized spacial score (nSPS) is 22.0. The molecule has 0 radical (unpaired) electrons. The molecule has 2 aliphatic rings. The third-order valence-electron chi connectivity index (χ3n) is 4.76. The van der Waals surface area contributed by atoms with Crippen LogP contribution in [0.2, 0.25) is 5.02 Å². The standard InChI is InChI=1S/C16H18ClFN2O3/c17-13-7-11(18)1-2-12(13)16(4-5-16)9-19-15(23)20-6-3-10(8-20)14(21)22/h1-2,7,10H,3-6,8-9H2,(H,19,23)(H,21,22). The van der Waals surface area contributed by atoms with Crippen LogP contribution in [0.25, 0.3) is 0 Å². The molecule has 1 aliphatic heterocycles. The van der Waals surface area contributed by atoms with Gasteiger partial charge in [-0.2, -0.15) is 0 Å². The van der Waals surface area contributed by atoms with Crippen molar-refractivity contribution in [3.05, 3.63) is 34.6 Å². The second-order valence-electron chi connectivity index (χ2n) is 6.33. The Morgan fingerprint density at radius 1 is 1.43 bits per heavy atom. The lowest BCUT2D eigenvalue weighted by atomic mass is 9.96. The number of benzene rings is 1. The van der Waals surface area contributed by atoms with Crippen LogP contribution < -0.4 is 5.32 Å². The summed E-state index contributed by atoms with van der Waals surface area (Å²) in [7, 11) is 0. The number of hydrogen-bond donors (Lipinski definition) is 2. The lowest BCUT2D eigenvalue weighted by molar-refractivity contribution is -0.141. The molecule has 23 heavy (non-hydrogen) atoms. The third kappa shape index (κ3) is 3.27. The van der Waals surface area contributed by atoms with E-state index < -0.39 is 11.9 Å². The van der Waals surface area contributed by atoms with E-state index in [0.29, 0.717) is 24.5 Å². The Hall–Kier alpha value is -1.82. The van der Waals surface area contributed by atoms with Gasteiger partial charge in [0.15, 0.2) is 0 Å². The Morgan fingerprint density at radius 2 is 2.17 bits per heavy atom. The number of urea groups is 1. The van der Waals surface area contributed by atoms with E-state index >= 15 is 0 Å². The van der Waals surface area contributed by atoms with Crippen molar-refractivity contribution in [1.29, 1.82) is 0 Å². The highest BCUT2D eigenvalue weighted by molar-refractivity contribution is 6.31. The number of hydrogen-bond acceptors (Lipinski definition) is 2. The molecule has 1 heterocycles. The Kier molecular flexibility index (Phi) is 4.19. The van der Waals surface area contributed by atoms with E-state index in [1.807, 2.05) is 0 Å². The van der Waals surface area contributed by atoms with Crippen molar-refractivity contribution in [2.75, 3.05) is 19.6 Å². The highest BCUT2D eigenvalue weighted by Crippen LogP contribution is 2.50. The van der Waals surface area contributed by atoms with Crippen molar-refractivity contribution in [3.8, 4) is 0 Å². The number of carbonyl (C=O) groups excluding carboxylic acids is 1. The Balaban J connectivity index is 1.60. The number of carboxylic acids is 1. The van der Waals surface area contributed by atoms with Gasteiger partial charge in [-0.25, -0.2) is 9.18 Å². The third-order valence-corrected chi connectivity index (χ3v) is 5.07. The number of nitrogens with zero attached hydrogens (tertiary/aromatic N) is 1. The van der Waals surface area contributed by atoms with Crippen LogP contribution in [-0.4, -0.2) is 41.6 Å². The fourth-order valence-corrected chi connectivity index (χ4v) is 3.48. The maximum absolute atomic E-state index is 13.2. The van der Waals surface area contributed by atoms with Gasteiger partial charge in [-0.05, 0) is 37.0 Å². The Bertz CT molecular complexity index is 648. The van der Waals surface area contributed by atoms with Crippen LogP contribution in [0.15, 0.2) is 18.2 Å². The van der Waals surface area contributed by atoms with Gasteiger partial charge >= 0.3 is 12.0 Å². The van der Waals surface area contributed by atoms with E-state index in [2.05, 4.69) is 5.32 Å². The number of carbonyl (C=O) groups is 2. The van der Waals surface area contributed by atoms with E-state index in [1.165, 1.54) is 17.0 Å². The topological polar surface area (TPSA) is 69.6 Å². The molecular formula is C16H18ClFN2O3. The summed E-state index contributed by atoms with van der Waals surface area (Å²) in [5, 5.41) is 12.2. The smallest absolute Gasteiger partial charge is 0.317 e. The number of rotatable bonds is 4. The molecule has 1 aromatic carbocycles. The molecule has 5 nitrogen and oxygen atoms in total. The summed E-state index contributed by atoms with van der Waals surface area (Å²) in [4.78, 5) is 24.7. The van der Waals surface area contributed by atoms with Crippen molar-refractivity contribution in [2.24, 2.45) is 5.92 Å². The minimum Gasteiger partial charge on any atom is -0.481 e. The summed E-state index contributed by atoms with van der Waals surface area (Å²) < 4.78 is 13.2. The molecule has 0 aromatic heterocycles. The predicted molar refractivity (Wildman–Crippen MR) is 83.0 cm³/mol. The average molecular weight is 341 g/mol. The maximum Gasteiger partial charge on any atom is 0.317 e. The molecule has 1 aromatic rings. The molecule has 3 rings (SSSR count). The zero-order valence-electron chi connectivity index (χ0n) is 12.5. The monoisotopic (exact) mass is 340 g/mol. The zero-order valence-corrected chi connectivity index (χ0v) is 13.3. The van der Waals surface area contributed by atoms with E-state index in [4.69, 9.17) is 16.7 Å². The van der Waals surface area contributed by atoms with Gasteiger partial charge in [0.1, 0.15) is 5.82 Å². The number of aliphatic carboxylic acids is 1. The van der Waals surface area contributed by atoms with Crippen molar-refractivity contribution < 1.29 is 19.1 Å². The number of carboxylic acid groups (broad SMARTS) is 1. The maximum atomic E-state index is 13.2. The minimum atomic E-state index is -0.864. The van der Waals surface area contributed by atoms with Crippen molar-refractivity contribution in [1.82, 2.24) is 10.2 Å². The van der Waals surface area contributed by atoms with Gasteiger partial charge in [0.05, 0.1) is 5.92 Å². The first kappa shape index (κ1) is 16.1. The molecular weight excluding hydrogens is 323 g/mol. The number of likely N-dealkylation sites (tertiary alicyclic amines) is 1. The summed E-state index contributed by atoms with van der Waals surface area (Å²) in [6.45, 7) is 1.12. The molecule has 1 saturated heterocycles. The van der Waals surface area contributed by atoms with Gasteiger partial charge in [0.2, 0.25) is 0 Å². The first-order chi connectivity index (χ1) is 10.9. The molecule has 0 bridgehead atoms. The van der Waals surface area contributed by atoms with Crippen LogP contribution in [0.3, 0.4) is 0 Å². The molecule has 2 amide bonds. The fourth-order valence-electron chi connectivity index (χ4n) is 3.11. The highest BCUT2D eigenvalue weighted by atomic mass is 35.5. The molecule has 7 heteroatoms. The first-order valence-electron chi connectivity index (χ1n) is 7.62. The Labute approximate surface area is 138 Å². The van der Waals surface area contributed by atoms with Crippen LogP contribution in [0.4, 0.5) is 9.18 Å². The second kappa shape index (κ2) is 6.00. The molecule has 1 unspecified atom stereocenters. The largest absolute Gasteiger partial charge is 0.481 e. The summed E-state index contributed by atoms with van der Waals surface area (Å²) >= 11 is 6.12. The van der Waals surface area contributed by atoms with Crippen molar-refractivity contribution >= 4 is 23.6 Å². The molecule has 1 aliphatic carbocycles. The first-order valence-corrected chi connectivity index (χ1v) is 8.00. The lowest BCUT2D eigenvalue weighted by Gasteiger charge is -2.21. The molecule has 124 valence electrons. The summed E-state index contributed by atoms with van der Waals surface area (Å²) in [5.41, 5.74) is 0.623. The summed E-state index contributed by atoms with van der Waals surface area (Å²) in [6, 6.07) is 4.09. The molecule has 2 N–H and O–H groups in total. The second-order valence-corrected chi connectivity index (χ2v) is 6.74. The molecule has 1 saturated carbocycles. The molecule has 2 fully saturated rings. The quantitative estimate of drug-likeness (QED) is 0.885. The van der Waals surface area contributed by atoms with Crippen LogP contribution in [0.5, 0.6) is 0 Å². The van der Waals surface area contributed by atoms with Crippen LogP contribution in [-0.2, 0) is 10.2 Å². The highest BCUT2D eigenvalue weighted by Gasteiger charge is 2.46. The minimum absolute atomic E-state index is 0.230. The van der Waals surface area contributed by atoms with Gasteiger partial charge in [0, 0.05) is 30.1 Å². The zero-order chi connectivity index (χ0) is 16.6. The van der Waals surface area contributed by atoms with Crippen LogP contribution >= 0.6 is 11.6 Å². The Morgan fingerprint density at radius 3 is 2.74 bits per heavy atom. The van der Waals surface area contributed by atoms with Gasteiger partial charge in [-0.15, -0.1) is 0 Å². The van der Waals surface area contributed by atoms with Crippen LogP contribution in [0, 0.1) is 11.7 Å². The van der Waals surface area contributed by atoms with Crippen molar-refractivity contribution in [2.45, 2.75) is 24.7 Å². The van der Waals surface area contributed by atoms with E-state index in [-0.39, 0.29) is 23.8 Å². The predicted octanol–water partition coefficient (Wildman–Crippen LogP) is 2.63. The molecule has 0 spiro atoms. The SMILES string of the molecule is O=C(O)C1CCN(C(=O)NCC2(c3ccc(F)cc3Cl)CC2)C1. The van der Waals surface area contributed by atoms with E-state index in [9.17, 15) is 14.0 Å². The lowest BCUT2D eigenvalue weighted by Crippen LogP contribution is -2.42. The number of nitrogens with one attached hydrogen (secondary N) is 1. The fraction of sp³-hybridized carbons (Fsp3) is 0.500. The number of halogens is 2. The van der Waals surface area contributed by atoms with Gasteiger partial charge in [0.25, 0.3) is 0 Å². The van der Waals surface area contributed by atoms with Gasteiger partial charge < -0.3 is 15.3 Å². The number of amides is 2. The van der Waals surface area contributed by atoms with E-state index in [0.717, 1.165) is 18.4 Å². The molecule has 1 atom stereocenters. The van der Waals surface area contributed by atoms with E-state index in [1.54, 1.807) is 6.07 Å². The van der Waals surface area contributed by atoms with Crippen LogP contribution in [0.1, 0.15) is 24.8 Å². The van der Waals surface area contributed by atoms with Gasteiger partial charge in [-0.3, -0.25) is 4.79 Å². The summed E-state index contributed by atoms with van der Waals surface area (Å²) in [6.07, 6.45) is 2.25. The van der Waals surface area contributed by atoms with Crippen molar-refractivity contribution in [3.63, 3.8) is 0 Å². The average Bonchev–Trinajstić information content (AvgIpc) is 3.10. The van der Waals surface area contributed by atoms with Gasteiger partial charge in [-0.1, -0.05) is 17.7 Å².